The lowest BCUT2D eigenvalue weighted by molar-refractivity contribution is -0.141. The lowest BCUT2D eigenvalue weighted by atomic mass is 10.1. The Morgan fingerprint density at radius 3 is 2.35 bits per heavy atom. The van der Waals surface area contributed by atoms with Crippen molar-refractivity contribution >= 4 is 46.8 Å². The maximum atomic E-state index is 13.2. The standard InChI is InChI=1S/C24H30Cl2N2O2S/c1-4-22(24(30)27-15-17(2)3)28(16-18-7-5-6-8-21(18)26)23(29)13-14-31-20-11-9-19(25)10-12-20/h5-12,17,22H,4,13-16H2,1-3H3,(H,27,30)/t22-/m1/s1. The van der Waals surface area contributed by atoms with E-state index in [1.54, 1.807) is 22.7 Å². The number of carbonyl (C=O) groups is 2. The van der Waals surface area contributed by atoms with Crippen molar-refractivity contribution in [2.45, 2.75) is 51.1 Å². The highest BCUT2D eigenvalue weighted by atomic mass is 35.5. The summed E-state index contributed by atoms with van der Waals surface area (Å²) >= 11 is 13.9. The van der Waals surface area contributed by atoms with Gasteiger partial charge in [-0.3, -0.25) is 9.59 Å². The first kappa shape index (κ1) is 25.6. The van der Waals surface area contributed by atoms with E-state index in [1.165, 1.54) is 0 Å². The van der Waals surface area contributed by atoms with Crippen LogP contribution in [0.5, 0.6) is 0 Å². The van der Waals surface area contributed by atoms with Gasteiger partial charge < -0.3 is 10.2 Å². The van der Waals surface area contributed by atoms with Crippen LogP contribution in [0.1, 0.15) is 39.2 Å². The van der Waals surface area contributed by atoms with Crippen LogP contribution in [0.15, 0.2) is 53.4 Å². The zero-order valence-corrected chi connectivity index (χ0v) is 20.6. The lowest BCUT2D eigenvalue weighted by Gasteiger charge is -2.31. The molecular weight excluding hydrogens is 451 g/mol. The molecule has 31 heavy (non-hydrogen) atoms. The molecule has 0 saturated heterocycles. The van der Waals surface area contributed by atoms with E-state index >= 15 is 0 Å². The first-order chi connectivity index (χ1) is 14.8. The number of nitrogens with zero attached hydrogens (tertiary/aromatic N) is 1. The van der Waals surface area contributed by atoms with E-state index < -0.39 is 6.04 Å². The SMILES string of the molecule is CC[C@H](C(=O)NCC(C)C)N(Cc1ccccc1Cl)C(=O)CCSc1ccc(Cl)cc1. The Morgan fingerprint density at radius 2 is 1.74 bits per heavy atom. The normalized spacial score (nSPS) is 11.9. The second-order valence-electron chi connectivity index (χ2n) is 7.73. The van der Waals surface area contributed by atoms with Gasteiger partial charge in [0.05, 0.1) is 0 Å². The maximum absolute atomic E-state index is 13.2. The van der Waals surface area contributed by atoms with Gasteiger partial charge in [0.15, 0.2) is 0 Å². The molecule has 0 bridgehead atoms. The zero-order valence-electron chi connectivity index (χ0n) is 18.2. The van der Waals surface area contributed by atoms with Crippen molar-refractivity contribution in [3.63, 3.8) is 0 Å². The Morgan fingerprint density at radius 1 is 1.06 bits per heavy atom. The van der Waals surface area contributed by atoms with Gasteiger partial charge in [-0.2, -0.15) is 0 Å². The smallest absolute Gasteiger partial charge is 0.242 e. The summed E-state index contributed by atoms with van der Waals surface area (Å²) in [5, 5.41) is 4.25. The van der Waals surface area contributed by atoms with Crippen LogP contribution in [0.25, 0.3) is 0 Å². The van der Waals surface area contributed by atoms with Crippen LogP contribution in [0.2, 0.25) is 10.0 Å². The number of hydrogen-bond acceptors (Lipinski definition) is 3. The first-order valence-electron chi connectivity index (χ1n) is 10.5. The van der Waals surface area contributed by atoms with Crippen LogP contribution in [0, 0.1) is 5.92 Å². The van der Waals surface area contributed by atoms with Crippen LogP contribution in [0.4, 0.5) is 0 Å². The number of nitrogens with one attached hydrogen (secondary N) is 1. The number of thioether (sulfide) groups is 1. The van der Waals surface area contributed by atoms with Crippen molar-refractivity contribution in [1.82, 2.24) is 10.2 Å². The van der Waals surface area contributed by atoms with Gasteiger partial charge in [-0.25, -0.2) is 0 Å². The summed E-state index contributed by atoms with van der Waals surface area (Å²) in [6, 6.07) is 14.4. The van der Waals surface area contributed by atoms with E-state index in [-0.39, 0.29) is 11.8 Å². The molecule has 0 aliphatic heterocycles. The average molecular weight is 481 g/mol. The van der Waals surface area contributed by atoms with E-state index in [2.05, 4.69) is 5.32 Å². The van der Waals surface area contributed by atoms with Crippen LogP contribution in [-0.4, -0.2) is 35.1 Å². The molecule has 2 aromatic carbocycles. The molecule has 0 heterocycles. The molecule has 2 aromatic rings. The highest BCUT2D eigenvalue weighted by Crippen LogP contribution is 2.23. The van der Waals surface area contributed by atoms with E-state index in [4.69, 9.17) is 23.2 Å². The summed E-state index contributed by atoms with van der Waals surface area (Å²) in [6.07, 6.45) is 0.857. The number of amides is 2. The first-order valence-corrected chi connectivity index (χ1v) is 12.2. The Balaban J connectivity index is 2.12. The van der Waals surface area contributed by atoms with Gasteiger partial charge in [-0.05, 0) is 48.2 Å². The van der Waals surface area contributed by atoms with E-state index in [0.29, 0.717) is 47.6 Å². The average Bonchev–Trinajstić information content (AvgIpc) is 2.74. The third-order valence-corrected chi connectivity index (χ3v) is 6.40. The highest BCUT2D eigenvalue weighted by molar-refractivity contribution is 7.99. The van der Waals surface area contributed by atoms with Crippen molar-refractivity contribution in [2.24, 2.45) is 5.92 Å². The molecule has 7 heteroatoms. The van der Waals surface area contributed by atoms with E-state index in [0.717, 1.165) is 10.5 Å². The summed E-state index contributed by atoms with van der Waals surface area (Å²) in [6.45, 7) is 6.90. The van der Waals surface area contributed by atoms with Crippen LogP contribution < -0.4 is 5.32 Å². The fraction of sp³-hybridized carbons (Fsp3) is 0.417. The molecule has 0 aliphatic rings. The van der Waals surface area contributed by atoms with Crippen molar-refractivity contribution in [3.05, 3.63) is 64.1 Å². The van der Waals surface area contributed by atoms with Crippen molar-refractivity contribution < 1.29 is 9.59 Å². The summed E-state index contributed by atoms with van der Waals surface area (Å²) in [4.78, 5) is 28.8. The molecule has 2 rings (SSSR count). The predicted molar refractivity (Wildman–Crippen MR) is 131 cm³/mol. The second kappa shape index (κ2) is 13.0. The summed E-state index contributed by atoms with van der Waals surface area (Å²) in [7, 11) is 0. The third-order valence-electron chi connectivity index (χ3n) is 4.77. The molecule has 168 valence electrons. The zero-order chi connectivity index (χ0) is 22.8. The van der Waals surface area contributed by atoms with Crippen molar-refractivity contribution in [1.29, 1.82) is 0 Å². The molecule has 0 radical (unpaired) electrons. The largest absolute Gasteiger partial charge is 0.354 e. The lowest BCUT2D eigenvalue weighted by Crippen LogP contribution is -2.49. The van der Waals surface area contributed by atoms with Crippen LogP contribution in [0.3, 0.4) is 0 Å². The molecular formula is C24H30Cl2N2O2S. The molecule has 4 nitrogen and oxygen atoms in total. The molecule has 0 aliphatic carbocycles. The van der Waals surface area contributed by atoms with Gasteiger partial charge in [-0.15, -0.1) is 11.8 Å². The Hall–Kier alpha value is -1.69. The maximum Gasteiger partial charge on any atom is 0.242 e. The minimum Gasteiger partial charge on any atom is -0.354 e. The second-order valence-corrected chi connectivity index (χ2v) is 9.74. The minimum atomic E-state index is -0.539. The van der Waals surface area contributed by atoms with Gasteiger partial charge in [0.2, 0.25) is 11.8 Å². The highest BCUT2D eigenvalue weighted by Gasteiger charge is 2.28. The summed E-state index contributed by atoms with van der Waals surface area (Å²) in [5.74, 6) is 0.767. The quantitative estimate of drug-likeness (QED) is 0.397. The fourth-order valence-corrected chi connectivity index (χ4v) is 4.25. The summed E-state index contributed by atoms with van der Waals surface area (Å²) in [5.41, 5.74) is 0.831. The molecule has 1 N–H and O–H groups in total. The molecule has 0 unspecified atom stereocenters. The van der Waals surface area contributed by atoms with Crippen LogP contribution in [-0.2, 0) is 16.1 Å². The monoisotopic (exact) mass is 480 g/mol. The molecule has 2 amide bonds. The third kappa shape index (κ3) is 8.40. The topological polar surface area (TPSA) is 49.4 Å². The Kier molecular flexibility index (Phi) is 10.7. The number of carbonyl (C=O) groups excluding carboxylic acids is 2. The number of halogens is 2. The molecule has 1 atom stereocenters. The fourth-order valence-electron chi connectivity index (χ4n) is 3.08. The molecule has 0 aromatic heterocycles. The van der Waals surface area contributed by atoms with Gasteiger partial charge in [0, 0.05) is 40.2 Å². The van der Waals surface area contributed by atoms with E-state index in [9.17, 15) is 9.59 Å². The van der Waals surface area contributed by atoms with Gasteiger partial charge in [-0.1, -0.05) is 62.2 Å². The summed E-state index contributed by atoms with van der Waals surface area (Å²) < 4.78 is 0. The number of benzene rings is 2. The Labute approximate surface area is 199 Å². The van der Waals surface area contributed by atoms with Crippen molar-refractivity contribution in [3.8, 4) is 0 Å². The predicted octanol–water partition coefficient (Wildman–Crippen LogP) is 6.06. The van der Waals surface area contributed by atoms with Gasteiger partial charge in [0.25, 0.3) is 0 Å². The minimum absolute atomic E-state index is 0.0621. The molecule has 0 spiro atoms. The number of rotatable bonds is 11. The molecule has 0 fully saturated rings. The molecule has 0 saturated carbocycles. The van der Waals surface area contributed by atoms with Gasteiger partial charge in [0.1, 0.15) is 6.04 Å². The van der Waals surface area contributed by atoms with Crippen LogP contribution >= 0.6 is 35.0 Å². The number of hydrogen-bond donors (Lipinski definition) is 1. The van der Waals surface area contributed by atoms with E-state index in [1.807, 2.05) is 63.2 Å². The van der Waals surface area contributed by atoms with Gasteiger partial charge >= 0.3 is 0 Å². The van der Waals surface area contributed by atoms with Crippen molar-refractivity contribution in [2.75, 3.05) is 12.3 Å². The Bertz CT molecular complexity index is 859.